The molecule has 0 fully saturated rings. The van der Waals surface area contributed by atoms with Gasteiger partial charge in [0, 0.05) is 33.7 Å². The van der Waals surface area contributed by atoms with E-state index < -0.39 is 28.9 Å². The highest BCUT2D eigenvalue weighted by atomic mass is 32.1. The second-order valence-corrected chi connectivity index (χ2v) is 10.8. The van der Waals surface area contributed by atoms with Gasteiger partial charge in [0.15, 0.2) is 0 Å². The molecule has 0 unspecified atom stereocenters. The molecule has 2 aromatic carbocycles. The van der Waals surface area contributed by atoms with Crippen molar-refractivity contribution < 1.29 is 37.0 Å². The number of hydrogen-bond donors (Lipinski definition) is 1. The summed E-state index contributed by atoms with van der Waals surface area (Å²) in [5.74, 6) is -2.32. The Balaban J connectivity index is 0.000000175. The molecule has 0 amide bonds. The molecule has 0 saturated carbocycles. The van der Waals surface area contributed by atoms with Crippen LogP contribution in [-0.2, 0) is 27.2 Å². The van der Waals surface area contributed by atoms with Gasteiger partial charge in [-0.25, -0.2) is 28.3 Å². The van der Waals surface area contributed by atoms with E-state index in [1.807, 2.05) is 0 Å². The van der Waals surface area contributed by atoms with Gasteiger partial charge in [-0.2, -0.15) is 0 Å². The molecule has 4 heterocycles. The zero-order chi connectivity index (χ0) is 31.4. The summed E-state index contributed by atoms with van der Waals surface area (Å²) in [7, 11) is 0. The summed E-state index contributed by atoms with van der Waals surface area (Å²) in [6.07, 6.45) is -0.158. The smallest absolute Gasteiger partial charge is 0.346 e. The standard InChI is InChI=1S/C16H12FNO4S.C14H8FNO4S/c1-2-21-14(19)7-11-8-23-15(18-11)12-5-9-3-4-10(17)6-13(9)22-16(12)20;15-8-2-1-7-3-10(14(19)20-11(7)4-8)13-16-9(6-21-13)5-12(17)18/h3-6,8H,2,7H2,1H3;1-4,6H,5H2,(H,17,18). The topological polar surface area (TPSA) is 150 Å². The number of hydrogen-bond acceptors (Lipinski definition) is 11. The molecular weight excluding hydrogens is 618 g/mol. The zero-order valence-corrected chi connectivity index (χ0v) is 24.3. The largest absolute Gasteiger partial charge is 0.481 e. The third-order valence-corrected chi connectivity index (χ3v) is 7.77. The van der Waals surface area contributed by atoms with Crippen LogP contribution in [0.1, 0.15) is 18.3 Å². The molecular formula is C30H20F2N2O8S2. The number of carbonyl (C=O) groups excluding carboxylic acids is 1. The minimum atomic E-state index is -0.993. The second-order valence-electron chi connectivity index (χ2n) is 9.10. The normalized spacial score (nSPS) is 10.9. The predicted octanol–water partition coefficient (Wildman–Crippen LogP) is 5.84. The Kier molecular flexibility index (Phi) is 9.01. The molecule has 0 aliphatic carbocycles. The Morgan fingerprint density at radius 1 is 0.795 bits per heavy atom. The number of aliphatic carboxylic acids is 1. The van der Waals surface area contributed by atoms with Gasteiger partial charge in [0.05, 0.1) is 42.0 Å². The highest BCUT2D eigenvalue weighted by molar-refractivity contribution is 7.13. The van der Waals surface area contributed by atoms with E-state index in [1.165, 1.54) is 35.6 Å². The second kappa shape index (κ2) is 13.1. The molecule has 0 aliphatic heterocycles. The van der Waals surface area contributed by atoms with E-state index in [4.69, 9.17) is 18.7 Å². The van der Waals surface area contributed by atoms with Crippen LogP contribution in [0.2, 0.25) is 0 Å². The van der Waals surface area contributed by atoms with Crippen LogP contribution in [0.25, 0.3) is 43.1 Å². The molecule has 0 spiro atoms. The average Bonchev–Trinajstić information content (AvgIpc) is 3.62. The summed E-state index contributed by atoms with van der Waals surface area (Å²) in [4.78, 5) is 54.5. The number of thiazole rings is 2. The Morgan fingerprint density at radius 3 is 1.73 bits per heavy atom. The number of nitrogens with zero attached hydrogens (tertiary/aromatic N) is 2. The van der Waals surface area contributed by atoms with Gasteiger partial charge in [-0.15, -0.1) is 22.7 Å². The summed E-state index contributed by atoms with van der Waals surface area (Å²) in [6, 6.07) is 11.1. The lowest BCUT2D eigenvalue weighted by molar-refractivity contribution is -0.142. The maximum Gasteiger partial charge on any atom is 0.346 e. The van der Waals surface area contributed by atoms with Crippen molar-refractivity contribution in [3.05, 3.63) is 103 Å². The Labute approximate surface area is 253 Å². The van der Waals surface area contributed by atoms with E-state index in [9.17, 15) is 28.0 Å². The van der Waals surface area contributed by atoms with E-state index in [-0.39, 0.29) is 41.1 Å². The number of carbonyl (C=O) groups is 2. The predicted molar refractivity (Wildman–Crippen MR) is 159 cm³/mol. The fourth-order valence-corrected chi connectivity index (χ4v) is 5.65. The molecule has 10 nitrogen and oxygen atoms in total. The molecule has 0 atom stereocenters. The van der Waals surface area contributed by atoms with Crippen LogP contribution in [0.15, 0.2) is 77.7 Å². The van der Waals surface area contributed by atoms with Crippen molar-refractivity contribution in [1.29, 1.82) is 0 Å². The van der Waals surface area contributed by atoms with E-state index in [1.54, 1.807) is 29.8 Å². The van der Waals surface area contributed by atoms with E-state index >= 15 is 0 Å². The maximum atomic E-state index is 13.2. The van der Waals surface area contributed by atoms with Crippen LogP contribution in [0.3, 0.4) is 0 Å². The lowest BCUT2D eigenvalue weighted by atomic mass is 10.2. The third kappa shape index (κ3) is 7.10. The van der Waals surface area contributed by atoms with Crippen LogP contribution in [0.5, 0.6) is 0 Å². The first-order valence-corrected chi connectivity index (χ1v) is 14.6. The molecule has 14 heteroatoms. The van der Waals surface area contributed by atoms with Crippen molar-refractivity contribution in [1.82, 2.24) is 9.97 Å². The molecule has 4 aromatic heterocycles. The first kappa shape index (κ1) is 30.4. The molecule has 0 saturated heterocycles. The summed E-state index contributed by atoms with van der Waals surface area (Å²) in [5, 5.41) is 14.0. The summed E-state index contributed by atoms with van der Waals surface area (Å²) >= 11 is 2.40. The van der Waals surface area contributed by atoms with Crippen LogP contribution >= 0.6 is 22.7 Å². The number of rotatable bonds is 7. The van der Waals surface area contributed by atoms with Gasteiger partial charge in [-0.1, -0.05) is 0 Å². The first-order chi connectivity index (χ1) is 21.1. The van der Waals surface area contributed by atoms with Crippen LogP contribution < -0.4 is 11.3 Å². The number of esters is 1. The van der Waals surface area contributed by atoms with Gasteiger partial charge in [-0.05, 0) is 43.3 Å². The van der Waals surface area contributed by atoms with Crippen molar-refractivity contribution in [2.45, 2.75) is 19.8 Å². The van der Waals surface area contributed by atoms with Gasteiger partial charge in [-0.3, -0.25) is 9.59 Å². The Hall–Kier alpha value is -5.08. The van der Waals surface area contributed by atoms with Crippen molar-refractivity contribution in [3.8, 4) is 21.1 Å². The molecule has 0 bridgehead atoms. The fraction of sp³-hybridized carbons (Fsp3) is 0.133. The fourth-order valence-electron chi connectivity index (χ4n) is 4.01. The first-order valence-electron chi connectivity index (χ1n) is 12.8. The number of fused-ring (bicyclic) bond motifs is 2. The number of benzene rings is 2. The van der Waals surface area contributed by atoms with Gasteiger partial charge >= 0.3 is 23.2 Å². The maximum absolute atomic E-state index is 13.2. The van der Waals surface area contributed by atoms with E-state index in [0.29, 0.717) is 38.8 Å². The SMILES string of the molecule is CCOC(=O)Cc1csc(-c2cc3ccc(F)cc3oc2=O)n1.O=C(O)Cc1csc(-c2cc3ccc(F)cc3oc2=O)n1. The number of ether oxygens (including phenoxy) is 1. The number of halogens is 2. The molecule has 0 aliphatic rings. The van der Waals surface area contributed by atoms with Crippen molar-refractivity contribution >= 4 is 56.6 Å². The van der Waals surface area contributed by atoms with Gasteiger partial charge in [0.25, 0.3) is 0 Å². The molecule has 0 radical (unpaired) electrons. The quantitative estimate of drug-likeness (QED) is 0.167. The third-order valence-electron chi connectivity index (χ3n) is 5.92. The molecule has 224 valence electrons. The van der Waals surface area contributed by atoms with Gasteiger partial charge in [0.1, 0.15) is 32.8 Å². The number of carboxylic acid groups (broad SMARTS) is 1. The van der Waals surface area contributed by atoms with Crippen molar-refractivity contribution in [3.63, 3.8) is 0 Å². The van der Waals surface area contributed by atoms with E-state index in [0.717, 1.165) is 23.5 Å². The monoisotopic (exact) mass is 638 g/mol. The van der Waals surface area contributed by atoms with Crippen molar-refractivity contribution in [2.24, 2.45) is 0 Å². The molecule has 6 rings (SSSR count). The minimum absolute atomic E-state index is 0.0501. The van der Waals surface area contributed by atoms with Crippen molar-refractivity contribution in [2.75, 3.05) is 6.61 Å². The lowest BCUT2D eigenvalue weighted by Crippen LogP contribution is -2.08. The number of carboxylic acids is 1. The van der Waals surface area contributed by atoms with Crippen LogP contribution in [0.4, 0.5) is 8.78 Å². The lowest BCUT2D eigenvalue weighted by Gasteiger charge is -2.00. The molecule has 1 N–H and O–H groups in total. The highest BCUT2D eigenvalue weighted by Gasteiger charge is 2.15. The van der Waals surface area contributed by atoms with Gasteiger partial charge < -0.3 is 18.7 Å². The molecule has 44 heavy (non-hydrogen) atoms. The summed E-state index contributed by atoms with van der Waals surface area (Å²) in [6.45, 7) is 2.04. The number of aromatic nitrogens is 2. The average molecular weight is 639 g/mol. The van der Waals surface area contributed by atoms with E-state index in [2.05, 4.69) is 9.97 Å². The summed E-state index contributed by atoms with van der Waals surface area (Å²) < 4.78 is 41.3. The molecule has 6 aromatic rings. The zero-order valence-electron chi connectivity index (χ0n) is 22.7. The van der Waals surface area contributed by atoms with Crippen LogP contribution in [0, 0.1) is 11.6 Å². The Morgan fingerprint density at radius 2 is 1.27 bits per heavy atom. The summed E-state index contributed by atoms with van der Waals surface area (Å²) in [5.41, 5.74) is 0.528. The van der Waals surface area contributed by atoms with Crippen LogP contribution in [-0.4, -0.2) is 33.6 Å². The Bertz CT molecular complexity index is 2130. The minimum Gasteiger partial charge on any atom is -0.481 e. The van der Waals surface area contributed by atoms with Gasteiger partial charge in [0.2, 0.25) is 0 Å². The highest BCUT2D eigenvalue weighted by Crippen LogP contribution is 2.26.